The van der Waals surface area contributed by atoms with Crippen LogP contribution in [0.25, 0.3) is 0 Å². The maximum Gasteiger partial charge on any atom is 0.333 e. The van der Waals surface area contributed by atoms with Crippen LogP contribution in [0.3, 0.4) is 0 Å². The molecule has 2 N–H and O–H groups in total. The molecule has 194 valence electrons. The summed E-state index contributed by atoms with van der Waals surface area (Å²) in [6, 6.07) is 10.6. The first kappa shape index (κ1) is 25.2. The zero-order valence-electron chi connectivity index (χ0n) is 20.7. The van der Waals surface area contributed by atoms with Gasteiger partial charge >= 0.3 is 6.03 Å². The molecule has 2 amide bonds. The van der Waals surface area contributed by atoms with Crippen LogP contribution in [0.1, 0.15) is 56.8 Å². The number of morpholine rings is 1. The molecule has 2 aromatic rings. The van der Waals surface area contributed by atoms with E-state index in [2.05, 4.69) is 24.6 Å². The molecule has 1 atom stereocenters. The first-order valence-electron chi connectivity index (χ1n) is 12.2. The van der Waals surface area contributed by atoms with Gasteiger partial charge in [0.1, 0.15) is 5.92 Å². The number of amides is 2. The van der Waals surface area contributed by atoms with E-state index in [1.807, 2.05) is 0 Å². The standard InChI is InChI=1S/C27H29N3O7/c1-27(2)14-36-25(37-15-27)17-8-6-16(7-9-17)22(31)21-23(32)18-4-3-5-19(20(18)24(21)33)28-26(34)29-30-10-12-35-13-11-30/h3-9,21,25H,10-15H2,1-2H3,(H2,28,29,34). The Labute approximate surface area is 214 Å². The number of rotatable bonds is 5. The van der Waals surface area contributed by atoms with Crippen LogP contribution in [0, 0.1) is 11.3 Å². The number of carbonyl (C=O) groups is 4. The number of urea groups is 1. The smallest absolute Gasteiger partial charge is 0.333 e. The van der Waals surface area contributed by atoms with Crippen LogP contribution in [-0.4, -0.2) is 67.9 Å². The number of hydrogen-bond donors (Lipinski definition) is 2. The number of ketones is 3. The number of Topliss-reactive ketones (excluding diaryl/α,β-unsaturated/α-hetero) is 3. The van der Waals surface area contributed by atoms with Crippen molar-refractivity contribution in [1.82, 2.24) is 10.4 Å². The second-order valence-electron chi connectivity index (χ2n) is 10.2. The maximum absolute atomic E-state index is 13.3. The van der Waals surface area contributed by atoms with E-state index in [0.29, 0.717) is 39.5 Å². The third-order valence-electron chi connectivity index (χ3n) is 6.60. The number of anilines is 1. The van der Waals surface area contributed by atoms with Gasteiger partial charge in [0.15, 0.2) is 23.6 Å². The summed E-state index contributed by atoms with van der Waals surface area (Å²) in [6.45, 7) is 7.25. The molecule has 1 unspecified atom stereocenters. The SMILES string of the molecule is CC1(C)COC(c2ccc(C(=O)C3C(=O)c4cccc(NC(=O)NN5CCOCC5)c4C3=O)cc2)OC1. The number of hydrazine groups is 1. The Balaban J connectivity index is 1.29. The normalized spacial score (nSPS) is 21.9. The predicted molar refractivity (Wildman–Crippen MR) is 132 cm³/mol. The Morgan fingerprint density at radius 2 is 1.62 bits per heavy atom. The van der Waals surface area contributed by atoms with Crippen molar-refractivity contribution in [2.24, 2.45) is 11.3 Å². The molecule has 2 aliphatic heterocycles. The highest BCUT2D eigenvalue weighted by Crippen LogP contribution is 2.35. The lowest BCUT2D eigenvalue weighted by Crippen LogP contribution is -2.49. The molecule has 2 heterocycles. The molecule has 37 heavy (non-hydrogen) atoms. The summed E-state index contributed by atoms with van der Waals surface area (Å²) in [5, 5.41) is 4.35. The molecule has 1 aliphatic carbocycles. The molecule has 0 spiro atoms. The Hall–Kier alpha value is -3.44. The first-order chi connectivity index (χ1) is 17.7. The van der Waals surface area contributed by atoms with E-state index in [9.17, 15) is 19.2 Å². The van der Waals surface area contributed by atoms with E-state index in [1.165, 1.54) is 12.1 Å². The quantitative estimate of drug-likeness (QED) is 0.468. The lowest BCUT2D eigenvalue weighted by molar-refractivity contribution is -0.226. The Kier molecular flexibility index (Phi) is 6.91. The van der Waals surface area contributed by atoms with Gasteiger partial charge in [0.25, 0.3) is 0 Å². The van der Waals surface area contributed by atoms with Crippen LogP contribution < -0.4 is 10.7 Å². The number of hydrogen-bond acceptors (Lipinski definition) is 8. The molecule has 3 aliphatic rings. The fourth-order valence-corrected chi connectivity index (χ4v) is 4.61. The molecular weight excluding hydrogens is 478 g/mol. The van der Waals surface area contributed by atoms with Crippen LogP contribution in [0.4, 0.5) is 10.5 Å². The molecular formula is C27H29N3O7. The molecule has 5 rings (SSSR count). The number of ether oxygens (including phenoxy) is 3. The van der Waals surface area contributed by atoms with E-state index in [0.717, 1.165) is 5.56 Å². The third-order valence-corrected chi connectivity index (χ3v) is 6.60. The summed E-state index contributed by atoms with van der Waals surface area (Å²) >= 11 is 0. The summed E-state index contributed by atoms with van der Waals surface area (Å²) in [7, 11) is 0. The van der Waals surface area contributed by atoms with Crippen LogP contribution >= 0.6 is 0 Å². The lowest BCUT2D eigenvalue weighted by atomic mass is 9.92. The van der Waals surface area contributed by atoms with Gasteiger partial charge < -0.3 is 19.5 Å². The maximum atomic E-state index is 13.3. The average molecular weight is 508 g/mol. The van der Waals surface area contributed by atoms with Crippen molar-refractivity contribution in [1.29, 1.82) is 0 Å². The highest BCUT2D eigenvalue weighted by atomic mass is 16.7. The van der Waals surface area contributed by atoms with Crippen molar-refractivity contribution >= 4 is 29.1 Å². The largest absolute Gasteiger partial charge is 0.379 e. The van der Waals surface area contributed by atoms with E-state index in [1.54, 1.807) is 35.3 Å². The van der Waals surface area contributed by atoms with Gasteiger partial charge in [-0.05, 0) is 6.07 Å². The Bertz CT molecular complexity index is 1230. The molecule has 0 bridgehead atoms. The minimum atomic E-state index is -1.49. The number of nitrogens with one attached hydrogen (secondary N) is 2. The minimum Gasteiger partial charge on any atom is -0.379 e. The van der Waals surface area contributed by atoms with E-state index >= 15 is 0 Å². The summed E-state index contributed by atoms with van der Waals surface area (Å²) < 4.78 is 16.8. The van der Waals surface area contributed by atoms with Gasteiger partial charge in [-0.1, -0.05) is 50.2 Å². The number of benzene rings is 2. The second kappa shape index (κ2) is 10.1. The third kappa shape index (κ3) is 5.19. The zero-order valence-corrected chi connectivity index (χ0v) is 20.7. The van der Waals surface area contributed by atoms with Crippen molar-refractivity contribution < 1.29 is 33.4 Å². The summed E-state index contributed by atoms with van der Waals surface area (Å²) in [5.74, 6) is -3.29. The van der Waals surface area contributed by atoms with Gasteiger partial charge in [0.2, 0.25) is 0 Å². The summed E-state index contributed by atoms with van der Waals surface area (Å²) in [5.41, 5.74) is 3.97. The summed E-state index contributed by atoms with van der Waals surface area (Å²) in [4.78, 5) is 52.2. The van der Waals surface area contributed by atoms with Gasteiger partial charge in [-0.25, -0.2) is 9.80 Å². The van der Waals surface area contributed by atoms with Gasteiger partial charge in [-0.3, -0.25) is 19.8 Å². The minimum absolute atomic E-state index is 0.0474. The first-order valence-corrected chi connectivity index (χ1v) is 12.2. The Morgan fingerprint density at radius 3 is 2.30 bits per heavy atom. The van der Waals surface area contributed by atoms with E-state index in [-0.39, 0.29) is 27.8 Å². The molecule has 2 aromatic carbocycles. The van der Waals surface area contributed by atoms with Crippen molar-refractivity contribution in [2.75, 3.05) is 44.8 Å². The monoisotopic (exact) mass is 507 g/mol. The van der Waals surface area contributed by atoms with E-state index in [4.69, 9.17) is 14.2 Å². The summed E-state index contributed by atoms with van der Waals surface area (Å²) in [6.07, 6.45) is -0.534. The van der Waals surface area contributed by atoms with Gasteiger partial charge in [0.05, 0.1) is 37.7 Å². The van der Waals surface area contributed by atoms with Gasteiger partial charge in [0, 0.05) is 35.2 Å². The highest BCUT2D eigenvalue weighted by Gasteiger charge is 2.45. The molecule has 0 saturated carbocycles. The van der Waals surface area contributed by atoms with Gasteiger partial charge in [-0.15, -0.1) is 0 Å². The van der Waals surface area contributed by atoms with Crippen molar-refractivity contribution in [3.05, 3.63) is 64.7 Å². The highest BCUT2D eigenvalue weighted by molar-refractivity contribution is 6.39. The predicted octanol–water partition coefficient (Wildman–Crippen LogP) is 3.01. The van der Waals surface area contributed by atoms with Crippen LogP contribution in [0.2, 0.25) is 0 Å². The number of nitrogens with zero attached hydrogens (tertiary/aromatic N) is 1. The fraction of sp³-hybridized carbons (Fsp3) is 0.407. The van der Waals surface area contributed by atoms with Crippen LogP contribution in [0.15, 0.2) is 42.5 Å². The number of fused-ring (bicyclic) bond motifs is 1. The van der Waals surface area contributed by atoms with Crippen molar-refractivity contribution in [2.45, 2.75) is 20.1 Å². The molecule has 0 radical (unpaired) electrons. The van der Waals surface area contributed by atoms with Crippen molar-refractivity contribution in [3.63, 3.8) is 0 Å². The topological polar surface area (TPSA) is 123 Å². The molecule has 10 nitrogen and oxygen atoms in total. The fourth-order valence-electron chi connectivity index (χ4n) is 4.61. The van der Waals surface area contributed by atoms with Crippen LogP contribution in [0.5, 0.6) is 0 Å². The number of carbonyl (C=O) groups excluding carboxylic acids is 4. The second-order valence-corrected chi connectivity index (χ2v) is 10.2. The average Bonchev–Trinajstić information content (AvgIpc) is 3.15. The zero-order chi connectivity index (χ0) is 26.2. The molecule has 10 heteroatoms. The lowest BCUT2D eigenvalue weighted by Gasteiger charge is -2.34. The molecule has 2 saturated heterocycles. The van der Waals surface area contributed by atoms with Crippen molar-refractivity contribution in [3.8, 4) is 0 Å². The molecule has 0 aromatic heterocycles. The molecule has 2 fully saturated rings. The van der Waals surface area contributed by atoms with Gasteiger partial charge in [-0.2, -0.15) is 0 Å². The Morgan fingerprint density at radius 1 is 0.946 bits per heavy atom. The van der Waals surface area contributed by atoms with Crippen LogP contribution in [-0.2, 0) is 14.2 Å². The van der Waals surface area contributed by atoms with E-state index < -0.39 is 35.6 Å².